The van der Waals surface area contributed by atoms with E-state index in [0.29, 0.717) is 18.5 Å². The van der Waals surface area contributed by atoms with Crippen molar-refractivity contribution in [3.63, 3.8) is 0 Å². The molecule has 138 valence electrons. The zero-order valence-electron chi connectivity index (χ0n) is 14.2. The molecule has 0 aromatic heterocycles. The summed E-state index contributed by atoms with van der Waals surface area (Å²) < 4.78 is 31.8. The maximum absolute atomic E-state index is 12.7. The van der Waals surface area contributed by atoms with Crippen LogP contribution in [-0.4, -0.2) is 63.7 Å². The Balaban J connectivity index is 2.21. The number of rotatable bonds is 7. The summed E-state index contributed by atoms with van der Waals surface area (Å²) in [4.78, 5) is 25.2. The van der Waals surface area contributed by atoms with Gasteiger partial charge in [0.2, 0.25) is 10.0 Å². The van der Waals surface area contributed by atoms with Crippen LogP contribution in [0.15, 0.2) is 23.1 Å². The molecular weight excluding hydrogens is 348 g/mol. The number of benzene rings is 1. The van der Waals surface area contributed by atoms with E-state index in [1.165, 1.54) is 24.1 Å². The summed E-state index contributed by atoms with van der Waals surface area (Å²) in [6, 6.07) is 4.34. The Morgan fingerprint density at radius 1 is 1.40 bits per heavy atom. The number of aryl methyl sites for hydroxylation is 1. The molecule has 1 saturated heterocycles. The SMILES string of the molecule is COCCNS(=O)(=O)c1ccc(C)c(C(=O)N2CCC(C(=O)O)C2)c1. The molecule has 9 heteroatoms. The number of methoxy groups -OCH3 is 1. The Bertz CT molecular complexity index is 762. The summed E-state index contributed by atoms with van der Waals surface area (Å²) in [5.74, 6) is -1.85. The van der Waals surface area contributed by atoms with E-state index in [0.717, 1.165) is 0 Å². The number of aliphatic carboxylic acids is 1. The van der Waals surface area contributed by atoms with Gasteiger partial charge < -0.3 is 14.7 Å². The van der Waals surface area contributed by atoms with Crippen LogP contribution >= 0.6 is 0 Å². The molecule has 1 unspecified atom stereocenters. The Hall–Kier alpha value is -1.97. The molecule has 8 nitrogen and oxygen atoms in total. The number of carboxylic acid groups (broad SMARTS) is 1. The lowest BCUT2D eigenvalue weighted by atomic mass is 10.1. The molecule has 1 aliphatic rings. The predicted molar refractivity (Wildman–Crippen MR) is 89.9 cm³/mol. The molecule has 0 bridgehead atoms. The number of hydrogen-bond donors (Lipinski definition) is 2. The third-order valence-corrected chi connectivity index (χ3v) is 5.63. The standard InChI is InChI=1S/C16H22N2O6S/c1-11-3-4-13(25(22,23)17-6-8-24-2)9-14(11)15(19)18-7-5-12(10-18)16(20)21/h3-4,9,12,17H,5-8,10H2,1-2H3,(H,20,21). The highest BCUT2D eigenvalue weighted by Gasteiger charge is 2.32. The molecule has 2 rings (SSSR count). The first-order valence-corrected chi connectivity index (χ1v) is 9.36. The van der Waals surface area contributed by atoms with Crippen LogP contribution in [0.4, 0.5) is 0 Å². The fraction of sp³-hybridized carbons (Fsp3) is 0.500. The number of carbonyl (C=O) groups is 2. The minimum atomic E-state index is -3.75. The third-order valence-electron chi connectivity index (χ3n) is 4.17. The normalized spacial score (nSPS) is 17.7. The fourth-order valence-electron chi connectivity index (χ4n) is 2.68. The maximum Gasteiger partial charge on any atom is 0.308 e. The number of hydrogen-bond acceptors (Lipinski definition) is 5. The number of carbonyl (C=O) groups excluding carboxylic acids is 1. The molecule has 0 radical (unpaired) electrons. The Morgan fingerprint density at radius 3 is 2.72 bits per heavy atom. The molecule has 1 aromatic rings. The first-order valence-electron chi connectivity index (χ1n) is 7.87. The van der Waals surface area contributed by atoms with E-state index < -0.39 is 21.9 Å². The first-order chi connectivity index (χ1) is 11.8. The van der Waals surface area contributed by atoms with Crippen LogP contribution < -0.4 is 4.72 Å². The van der Waals surface area contributed by atoms with Crippen molar-refractivity contribution in [2.24, 2.45) is 5.92 Å². The van der Waals surface area contributed by atoms with E-state index in [1.54, 1.807) is 13.0 Å². The van der Waals surface area contributed by atoms with Gasteiger partial charge in [-0.3, -0.25) is 9.59 Å². The lowest BCUT2D eigenvalue weighted by molar-refractivity contribution is -0.141. The van der Waals surface area contributed by atoms with Gasteiger partial charge >= 0.3 is 5.97 Å². The van der Waals surface area contributed by atoms with Gasteiger partial charge in [0, 0.05) is 32.3 Å². The molecule has 2 N–H and O–H groups in total. The molecule has 1 atom stereocenters. The van der Waals surface area contributed by atoms with Crippen molar-refractivity contribution in [1.82, 2.24) is 9.62 Å². The molecule has 1 aliphatic heterocycles. The van der Waals surface area contributed by atoms with Gasteiger partial charge in [0.1, 0.15) is 0 Å². The molecular formula is C16H22N2O6S. The smallest absolute Gasteiger partial charge is 0.308 e. The van der Waals surface area contributed by atoms with E-state index in [-0.39, 0.29) is 36.1 Å². The van der Waals surface area contributed by atoms with E-state index in [9.17, 15) is 18.0 Å². The largest absolute Gasteiger partial charge is 0.481 e. The highest BCUT2D eigenvalue weighted by molar-refractivity contribution is 7.89. The van der Waals surface area contributed by atoms with Gasteiger partial charge in [-0.15, -0.1) is 0 Å². The van der Waals surface area contributed by atoms with Crippen molar-refractivity contribution in [2.75, 3.05) is 33.4 Å². The van der Waals surface area contributed by atoms with Crippen molar-refractivity contribution in [2.45, 2.75) is 18.2 Å². The quantitative estimate of drug-likeness (QED) is 0.675. The summed E-state index contributed by atoms with van der Waals surface area (Å²) in [5.41, 5.74) is 0.903. The number of nitrogens with zero attached hydrogens (tertiary/aromatic N) is 1. The van der Waals surface area contributed by atoms with Gasteiger partial charge in [0.05, 0.1) is 17.4 Å². The van der Waals surface area contributed by atoms with Crippen LogP contribution in [-0.2, 0) is 19.6 Å². The number of sulfonamides is 1. The summed E-state index contributed by atoms with van der Waals surface area (Å²) in [5, 5.41) is 9.06. The Labute approximate surface area is 146 Å². The molecule has 1 aromatic carbocycles. The second-order valence-electron chi connectivity index (χ2n) is 5.94. The minimum Gasteiger partial charge on any atom is -0.481 e. The average molecular weight is 370 g/mol. The number of nitrogens with one attached hydrogen (secondary N) is 1. The van der Waals surface area contributed by atoms with Crippen LogP contribution in [0.5, 0.6) is 0 Å². The summed E-state index contributed by atoms with van der Waals surface area (Å²) in [7, 11) is -2.28. The van der Waals surface area contributed by atoms with E-state index in [1.807, 2.05) is 0 Å². The van der Waals surface area contributed by atoms with E-state index >= 15 is 0 Å². The van der Waals surface area contributed by atoms with Crippen LogP contribution in [0.1, 0.15) is 22.3 Å². The number of amides is 1. The van der Waals surface area contributed by atoms with Crippen molar-refractivity contribution >= 4 is 21.9 Å². The molecule has 25 heavy (non-hydrogen) atoms. The second-order valence-corrected chi connectivity index (χ2v) is 7.71. The van der Waals surface area contributed by atoms with Crippen molar-refractivity contribution in [3.05, 3.63) is 29.3 Å². The number of carboxylic acids is 1. The predicted octanol–water partition coefficient (Wildman–Crippen LogP) is 0.466. The third kappa shape index (κ3) is 4.56. The lowest BCUT2D eigenvalue weighted by Gasteiger charge is -2.18. The molecule has 0 spiro atoms. The first kappa shape index (κ1) is 19.4. The van der Waals surface area contributed by atoms with Crippen LogP contribution in [0.25, 0.3) is 0 Å². The molecule has 1 amide bonds. The van der Waals surface area contributed by atoms with Crippen LogP contribution in [0.2, 0.25) is 0 Å². The summed E-state index contributed by atoms with van der Waals surface area (Å²) >= 11 is 0. The maximum atomic E-state index is 12.7. The minimum absolute atomic E-state index is 0.00784. The monoisotopic (exact) mass is 370 g/mol. The van der Waals surface area contributed by atoms with Gasteiger partial charge in [-0.05, 0) is 31.0 Å². The zero-order chi connectivity index (χ0) is 18.6. The number of ether oxygens (including phenoxy) is 1. The molecule has 1 heterocycles. The van der Waals surface area contributed by atoms with Crippen LogP contribution in [0, 0.1) is 12.8 Å². The van der Waals surface area contributed by atoms with Gasteiger partial charge in [0.15, 0.2) is 0 Å². The highest BCUT2D eigenvalue weighted by atomic mass is 32.2. The summed E-state index contributed by atoms with van der Waals surface area (Å²) in [6.45, 7) is 2.56. The molecule has 0 aliphatic carbocycles. The summed E-state index contributed by atoms with van der Waals surface area (Å²) in [6.07, 6.45) is 0.399. The van der Waals surface area contributed by atoms with Crippen LogP contribution in [0.3, 0.4) is 0 Å². The lowest BCUT2D eigenvalue weighted by Crippen LogP contribution is -2.31. The van der Waals surface area contributed by atoms with E-state index in [2.05, 4.69) is 4.72 Å². The topological polar surface area (TPSA) is 113 Å². The van der Waals surface area contributed by atoms with Crippen molar-refractivity contribution < 1.29 is 27.9 Å². The van der Waals surface area contributed by atoms with Crippen molar-refractivity contribution in [1.29, 1.82) is 0 Å². The van der Waals surface area contributed by atoms with Gasteiger partial charge in [-0.25, -0.2) is 13.1 Å². The highest BCUT2D eigenvalue weighted by Crippen LogP contribution is 2.22. The van der Waals surface area contributed by atoms with Gasteiger partial charge in [0.25, 0.3) is 5.91 Å². The van der Waals surface area contributed by atoms with Gasteiger partial charge in [-0.1, -0.05) is 6.07 Å². The average Bonchev–Trinajstić information content (AvgIpc) is 3.05. The number of likely N-dealkylation sites (tertiary alicyclic amines) is 1. The zero-order valence-corrected chi connectivity index (χ0v) is 15.0. The van der Waals surface area contributed by atoms with Crippen molar-refractivity contribution in [3.8, 4) is 0 Å². The fourth-order valence-corrected chi connectivity index (χ4v) is 3.72. The Morgan fingerprint density at radius 2 is 2.12 bits per heavy atom. The Kier molecular flexibility index (Phi) is 6.15. The van der Waals surface area contributed by atoms with E-state index in [4.69, 9.17) is 9.84 Å². The second kappa shape index (κ2) is 7.94. The van der Waals surface area contributed by atoms with Gasteiger partial charge in [-0.2, -0.15) is 0 Å². The molecule has 1 fully saturated rings. The molecule has 0 saturated carbocycles.